The molecule has 1 amide bonds. The van der Waals surface area contributed by atoms with Gasteiger partial charge in [-0.25, -0.2) is 4.98 Å². The number of benzene rings is 1. The summed E-state index contributed by atoms with van der Waals surface area (Å²) < 4.78 is 0. The van der Waals surface area contributed by atoms with Crippen LogP contribution in [0.25, 0.3) is 10.9 Å². The monoisotopic (exact) mass is 313 g/mol. The molecule has 2 aromatic heterocycles. The van der Waals surface area contributed by atoms with Crippen molar-refractivity contribution in [1.82, 2.24) is 9.97 Å². The lowest BCUT2D eigenvalue weighted by molar-refractivity contribution is 0.102. The molecule has 0 radical (unpaired) electrons. The zero-order valence-electron chi connectivity index (χ0n) is 13.2. The van der Waals surface area contributed by atoms with Crippen LogP contribution in [0.2, 0.25) is 0 Å². The molecule has 0 atom stereocenters. The van der Waals surface area contributed by atoms with Gasteiger partial charge in [0, 0.05) is 16.3 Å². The van der Waals surface area contributed by atoms with Crippen molar-refractivity contribution in [2.45, 2.75) is 33.6 Å². The van der Waals surface area contributed by atoms with Gasteiger partial charge in [-0.1, -0.05) is 19.9 Å². The molecule has 5 heteroatoms. The number of thiazole rings is 1. The second kappa shape index (κ2) is 5.57. The maximum Gasteiger partial charge on any atom is 0.273 e. The van der Waals surface area contributed by atoms with Gasteiger partial charge in [-0.3, -0.25) is 10.1 Å². The van der Waals surface area contributed by atoms with Crippen LogP contribution in [-0.2, 0) is 0 Å². The molecule has 0 bridgehead atoms. The SMILES string of the molecule is Cc1cc(C)c2cc(C(=O)Nc3nc(C(C)C)cs3)[nH]c2c1. The summed E-state index contributed by atoms with van der Waals surface area (Å²) in [6.07, 6.45) is 0. The summed E-state index contributed by atoms with van der Waals surface area (Å²) in [6.45, 7) is 8.28. The molecule has 4 nitrogen and oxygen atoms in total. The number of aromatic nitrogens is 2. The highest BCUT2D eigenvalue weighted by Crippen LogP contribution is 2.24. The molecule has 2 N–H and O–H groups in total. The number of aromatic amines is 1. The van der Waals surface area contributed by atoms with Gasteiger partial charge in [0.2, 0.25) is 0 Å². The van der Waals surface area contributed by atoms with Crippen LogP contribution in [-0.4, -0.2) is 15.9 Å². The summed E-state index contributed by atoms with van der Waals surface area (Å²) >= 11 is 1.46. The zero-order valence-corrected chi connectivity index (χ0v) is 14.0. The van der Waals surface area contributed by atoms with E-state index in [9.17, 15) is 4.79 Å². The molecule has 0 saturated heterocycles. The largest absolute Gasteiger partial charge is 0.351 e. The van der Waals surface area contributed by atoms with Crippen molar-refractivity contribution in [2.24, 2.45) is 0 Å². The summed E-state index contributed by atoms with van der Waals surface area (Å²) in [7, 11) is 0. The van der Waals surface area contributed by atoms with Gasteiger partial charge >= 0.3 is 0 Å². The lowest BCUT2D eigenvalue weighted by Crippen LogP contribution is -2.12. The van der Waals surface area contributed by atoms with Crippen LogP contribution in [0.1, 0.15) is 47.1 Å². The topological polar surface area (TPSA) is 57.8 Å². The fraction of sp³-hybridized carbons (Fsp3) is 0.294. The van der Waals surface area contributed by atoms with Gasteiger partial charge in [0.15, 0.2) is 5.13 Å². The molecule has 1 aromatic carbocycles. The Balaban J connectivity index is 1.87. The van der Waals surface area contributed by atoms with E-state index in [1.54, 1.807) is 0 Å². The Labute approximate surface area is 133 Å². The number of aryl methyl sites for hydroxylation is 2. The van der Waals surface area contributed by atoms with Crippen molar-refractivity contribution in [3.63, 3.8) is 0 Å². The van der Waals surface area contributed by atoms with Gasteiger partial charge in [-0.2, -0.15) is 0 Å². The minimum Gasteiger partial charge on any atom is -0.351 e. The van der Waals surface area contributed by atoms with Crippen LogP contribution in [0.5, 0.6) is 0 Å². The second-order valence-corrected chi connectivity index (χ2v) is 6.77. The Hall–Kier alpha value is -2.14. The number of fused-ring (bicyclic) bond motifs is 1. The van der Waals surface area contributed by atoms with Crippen molar-refractivity contribution < 1.29 is 4.79 Å². The van der Waals surface area contributed by atoms with Gasteiger partial charge in [0.25, 0.3) is 5.91 Å². The van der Waals surface area contributed by atoms with Crippen LogP contribution in [0.3, 0.4) is 0 Å². The highest BCUT2D eigenvalue weighted by molar-refractivity contribution is 7.14. The molecule has 3 rings (SSSR count). The third kappa shape index (κ3) is 2.76. The Morgan fingerprint density at radius 1 is 1.27 bits per heavy atom. The molecule has 0 unspecified atom stereocenters. The van der Waals surface area contributed by atoms with Crippen LogP contribution >= 0.6 is 11.3 Å². The van der Waals surface area contributed by atoms with Gasteiger partial charge in [0.1, 0.15) is 5.69 Å². The van der Waals surface area contributed by atoms with Crippen molar-refractivity contribution >= 4 is 33.3 Å². The average Bonchev–Trinajstić information content (AvgIpc) is 3.05. The molecule has 0 aliphatic rings. The molecular formula is C17H19N3OS. The van der Waals surface area contributed by atoms with E-state index in [1.165, 1.54) is 22.5 Å². The van der Waals surface area contributed by atoms with Gasteiger partial charge < -0.3 is 4.98 Å². The molecule has 3 aromatic rings. The van der Waals surface area contributed by atoms with Crippen LogP contribution in [0, 0.1) is 13.8 Å². The first kappa shape index (κ1) is 14.8. The van der Waals surface area contributed by atoms with Gasteiger partial charge in [-0.05, 0) is 43.0 Å². The Bertz CT molecular complexity index is 845. The number of carbonyl (C=O) groups is 1. The molecule has 0 fully saturated rings. The minimum absolute atomic E-state index is 0.155. The Morgan fingerprint density at radius 3 is 2.73 bits per heavy atom. The molecular weight excluding hydrogens is 294 g/mol. The number of nitrogens with one attached hydrogen (secondary N) is 2. The third-order valence-electron chi connectivity index (χ3n) is 3.67. The van der Waals surface area contributed by atoms with Crippen molar-refractivity contribution in [1.29, 1.82) is 0 Å². The van der Waals surface area contributed by atoms with E-state index in [1.807, 2.05) is 11.4 Å². The van der Waals surface area contributed by atoms with Crippen molar-refractivity contribution in [3.05, 3.63) is 46.1 Å². The predicted molar refractivity (Wildman–Crippen MR) is 91.9 cm³/mol. The molecule has 2 heterocycles. The van der Waals surface area contributed by atoms with E-state index in [4.69, 9.17) is 0 Å². The first-order valence-electron chi connectivity index (χ1n) is 7.31. The number of hydrogen-bond acceptors (Lipinski definition) is 3. The maximum absolute atomic E-state index is 12.4. The minimum atomic E-state index is -0.155. The number of rotatable bonds is 3. The summed E-state index contributed by atoms with van der Waals surface area (Å²) in [5.74, 6) is 0.207. The normalized spacial score (nSPS) is 11.3. The predicted octanol–water partition coefficient (Wildman–Crippen LogP) is 4.62. The lowest BCUT2D eigenvalue weighted by atomic mass is 10.1. The van der Waals surface area contributed by atoms with E-state index in [2.05, 4.69) is 55.1 Å². The fourth-order valence-electron chi connectivity index (χ4n) is 2.49. The fourth-order valence-corrected chi connectivity index (χ4v) is 3.36. The Morgan fingerprint density at radius 2 is 2.05 bits per heavy atom. The summed E-state index contributed by atoms with van der Waals surface area (Å²) in [5, 5.41) is 6.57. The number of amides is 1. The van der Waals surface area contributed by atoms with Gasteiger partial charge in [-0.15, -0.1) is 11.3 Å². The molecule has 114 valence electrons. The number of H-pyrrole nitrogens is 1. The standard InChI is InChI=1S/C17H19N3OS/c1-9(2)15-8-22-17(19-15)20-16(21)14-7-12-11(4)5-10(3)6-13(12)18-14/h5-9,18H,1-4H3,(H,19,20,21). The lowest BCUT2D eigenvalue weighted by Gasteiger charge is -1.99. The van der Waals surface area contributed by atoms with Crippen LogP contribution < -0.4 is 5.32 Å². The number of nitrogens with zero attached hydrogens (tertiary/aromatic N) is 1. The molecule has 22 heavy (non-hydrogen) atoms. The zero-order chi connectivity index (χ0) is 15.9. The maximum atomic E-state index is 12.4. The smallest absolute Gasteiger partial charge is 0.273 e. The summed E-state index contributed by atoms with van der Waals surface area (Å²) in [6, 6.07) is 6.07. The average molecular weight is 313 g/mol. The van der Waals surface area contributed by atoms with Crippen LogP contribution in [0.4, 0.5) is 5.13 Å². The van der Waals surface area contributed by atoms with E-state index in [-0.39, 0.29) is 5.91 Å². The molecule has 0 aliphatic carbocycles. The van der Waals surface area contributed by atoms with E-state index in [0.717, 1.165) is 16.6 Å². The number of carbonyl (C=O) groups excluding carboxylic acids is 1. The summed E-state index contributed by atoms with van der Waals surface area (Å²) in [5.41, 5.74) is 4.90. The highest BCUT2D eigenvalue weighted by atomic mass is 32.1. The van der Waals surface area contributed by atoms with Crippen molar-refractivity contribution in [3.8, 4) is 0 Å². The van der Waals surface area contributed by atoms with Gasteiger partial charge in [0.05, 0.1) is 5.69 Å². The highest BCUT2D eigenvalue weighted by Gasteiger charge is 2.13. The first-order valence-corrected chi connectivity index (χ1v) is 8.18. The van der Waals surface area contributed by atoms with E-state index >= 15 is 0 Å². The van der Waals surface area contributed by atoms with E-state index < -0.39 is 0 Å². The van der Waals surface area contributed by atoms with Crippen molar-refractivity contribution in [2.75, 3.05) is 5.32 Å². The summed E-state index contributed by atoms with van der Waals surface area (Å²) in [4.78, 5) is 20.0. The second-order valence-electron chi connectivity index (χ2n) is 5.91. The third-order valence-corrected chi connectivity index (χ3v) is 4.44. The van der Waals surface area contributed by atoms with E-state index in [0.29, 0.717) is 16.7 Å². The molecule has 0 spiro atoms. The molecule has 0 aliphatic heterocycles. The van der Waals surface area contributed by atoms with Crippen LogP contribution in [0.15, 0.2) is 23.6 Å². The number of hydrogen-bond donors (Lipinski definition) is 2. The quantitative estimate of drug-likeness (QED) is 0.741. The number of anilines is 1. The molecule has 0 saturated carbocycles. The first-order chi connectivity index (χ1) is 10.4. The Kier molecular flexibility index (Phi) is 3.74.